The van der Waals surface area contributed by atoms with E-state index in [0.717, 1.165) is 27.4 Å². The summed E-state index contributed by atoms with van der Waals surface area (Å²) in [6.45, 7) is 5.91. The Morgan fingerprint density at radius 2 is 1.81 bits per heavy atom. The number of amides is 1. The molecule has 2 aromatic carbocycles. The molecule has 0 saturated heterocycles. The second-order valence-corrected chi connectivity index (χ2v) is 6.55. The third-order valence-electron chi connectivity index (χ3n) is 3.21. The van der Waals surface area contributed by atoms with Crippen molar-refractivity contribution in [1.82, 2.24) is 0 Å². The lowest BCUT2D eigenvalue weighted by Gasteiger charge is -2.14. The lowest BCUT2D eigenvalue weighted by Crippen LogP contribution is -2.22. The average molecular weight is 300 g/mol. The lowest BCUT2D eigenvalue weighted by atomic mass is 10.1. The largest absolute Gasteiger partial charge is 0.399 e. The van der Waals surface area contributed by atoms with Gasteiger partial charge in [0.15, 0.2) is 0 Å². The van der Waals surface area contributed by atoms with Gasteiger partial charge in [0, 0.05) is 16.3 Å². The van der Waals surface area contributed by atoms with Crippen molar-refractivity contribution in [2.75, 3.05) is 11.1 Å². The number of aryl methyl sites for hydroxylation is 2. The minimum Gasteiger partial charge on any atom is -0.399 e. The summed E-state index contributed by atoms with van der Waals surface area (Å²) in [5.41, 5.74) is 9.47. The van der Waals surface area contributed by atoms with E-state index in [2.05, 4.69) is 5.32 Å². The van der Waals surface area contributed by atoms with Gasteiger partial charge in [0.25, 0.3) is 0 Å². The first-order valence-electron chi connectivity index (χ1n) is 6.86. The van der Waals surface area contributed by atoms with E-state index in [9.17, 15) is 4.79 Å². The first kappa shape index (κ1) is 15.4. The minimum atomic E-state index is -0.173. The van der Waals surface area contributed by atoms with E-state index in [1.807, 2.05) is 63.2 Å². The Hall–Kier alpha value is -1.94. The van der Waals surface area contributed by atoms with E-state index in [-0.39, 0.29) is 11.2 Å². The number of nitrogens with two attached hydrogens (primary N) is 1. The van der Waals surface area contributed by atoms with Crippen LogP contribution in [-0.2, 0) is 4.79 Å². The fourth-order valence-corrected chi connectivity index (χ4v) is 2.78. The molecule has 3 N–H and O–H groups in total. The Kier molecular flexibility index (Phi) is 4.91. The van der Waals surface area contributed by atoms with Crippen LogP contribution in [0.5, 0.6) is 0 Å². The summed E-state index contributed by atoms with van der Waals surface area (Å²) in [6.07, 6.45) is 0. The van der Waals surface area contributed by atoms with Gasteiger partial charge in [0.05, 0.1) is 5.25 Å². The normalized spacial score (nSPS) is 12.0. The molecule has 2 aromatic rings. The van der Waals surface area contributed by atoms with Crippen LogP contribution in [0.3, 0.4) is 0 Å². The molecular formula is C17H20N2OS. The van der Waals surface area contributed by atoms with Gasteiger partial charge in [-0.2, -0.15) is 0 Å². The molecule has 110 valence electrons. The second kappa shape index (κ2) is 6.68. The Balaban J connectivity index is 2.02. The Morgan fingerprint density at radius 3 is 2.48 bits per heavy atom. The number of carbonyl (C=O) groups excluding carboxylic acids is 1. The average Bonchev–Trinajstić information content (AvgIpc) is 2.45. The standard InChI is InChI=1S/C17H20N2OS/c1-11-4-5-12(2)16(10-11)19-17(20)13(3)21-15-8-6-14(18)7-9-15/h4-10,13H,18H2,1-3H3,(H,19,20)/t13-/m0/s1. The van der Waals surface area contributed by atoms with Crippen LogP contribution in [0.2, 0.25) is 0 Å². The predicted octanol–water partition coefficient (Wildman–Crippen LogP) is 4.00. The van der Waals surface area contributed by atoms with E-state index in [1.165, 1.54) is 11.8 Å². The predicted molar refractivity (Wildman–Crippen MR) is 90.7 cm³/mol. The van der Waals surface area contributed by atoms with Gasteiger partial charge in [-0.1, -0.05) is 12.1 Å². The molecule has 0 aliphatic heterocycles. The van der Waals surface area contributed by atoms with Gasteiger partial charge in [-0.15, -0.1) is 11.8 Å². The third-order valence-corrected chi connectivity index (χ3v) is 4.33. The monoisotopic (exact) mass is 300 g/mol. The first-order chi connectivity index (χ1) is 9.95. The molecule has 21 heavy (non-hydrogen) atoms. The van der Waals surface area contributed by atoms with E-state index in [0.29, 0.717) is 0 Å². The Morgan fingerprint density at radius 1 is 1.14 bits per heavy atom. The number of nitrogen functional groups attached to an aromatic ring is 1. The summed E-state index contributed by atoms with van der Waals surface area (Å²) >= 11 is 1.52. The summed E-state index contributed by atoms with van der Waals surface area (Å²) in [5, 5.41) is 2.83. The lowest BCUT2D eigenvalue weighted by molar-refractivity contribution is -0.115. The third kappa shape index (κ3) is 4.26. The zero-order chi connectivity index (χ0) is 15.4. The molecule has 3 nitrogen and oxygen atoms in total. The molecule has 1 amide bonds. The van der Waals surface area contributed by atoms with Crippen molar-refractivity contribution < 1.29 is 4.79 Å². The highest BCUT2D eigenvalue weighted by atomic mass is 32.2. The van der Waals surface area contributed by atoms with Gasteiger partial charge in [-0.05, 0) is 62.2 Å². The highest BCUT2D eigenvalue weighted by molar-refractivity contribution is 8.00. The Bertz CT molecular complexity index is 638. The van der Waals surface area contributed by atoms with Crippen LogP contribution in [0.1, 0.15) is 18.1 Å². The number of thioether (sulfide) groups is 1. The quantitative estimate of drug-likeness (QED) is 0.662. The summed E-state index contributed by atoms with van der Waals surface area (Å²) < 4.78 is 0. The highest BCUT2D eigenvalue weighted by Crippen LogP contribution is 2.25. The topological polar surface area (TPSA) is 55.1 Å². The molecule has 1 atom stereocenters. The molecule has 0 fully saturated rings. The van der Waals surface area contributed by atoms with Crippen LogP contribution in [0.25, 0.3) is 0 Å². The number of nitrogens with one attached hydrogen (secondary N) is 1. The van der Waals surface area contributed by atoms with Gasteiger partial charge in [0.2, 0.25) is 5.91 Å². The maximum atomic E-state index is 12.3. The first-order valence-corrected chi connectivity index (χ1v) is 7.74. The van der Waals surface area contributed by atoms with Crippen molar-refractivity contribution in [3.05, 3.63) is 53.6 Å². The van der Waals surface area contributed by atoms with Crippen LogP contribution >= 0.6 is 11.8 Å². The molecule has 0 spiro atoms. The van der Waals surface area contributed by atoms with Crippen molar-refractivity contribution >= 4 is 29.0 Å². The van der Waals surface area contributed by atoms with E-state index >= 15 is 0 Å². The summed E-state index contributed by atoms with van der Waals surface area (Å²) in [7, 11) is 0. The minimum absolute atomic E-state index is 0.00512. The van der Waals surface area contributed by atoms with E-state index < -0.39 is 0 Å². The molecule has 0 unspecified atom stereocenters. The van der Waals surface area contributed by atoms with Gasteiger partial charge in [0.1, 0.15) is 0 Å². The van der Waals surface area contributed by atoms with Crippen molar-refractivity contribution in [3.8, 4) is 0 Å². The van der Waals surface area contributed by atoms with Gasteiger partial charge < -0.3 is 11.1 Å². The van der Waals surface area contributed by atoms with Gasteiger partial charge in [-0.3, -0.25) is 4.79 Å². The smallest absolute Gasteiger partial charge is 0.237 e. The molecule has 0 bridgehead atoms. The van der Waals surface area contributed by atoms with Crippen LogP contribution in [0.4, 0.5) is 11.4 Å². The molecule has 0 radical (unpaired) electrons. The van der Waals surface area contributed by atoms with E-state index in [4.69, 9.17) is 5.73 Å². The number of hydrogen-bond acceptors (Lipinski definition) is 3. The summed E-state index contributed by atoms with van der Waals surface area (Å²) in [4.78, 5) is 13.3. The zero-order valence-corrected chi connectivity index (χ0v) is 13.3. The highest BCUT2D eigenvalue weighted by Gasteiger charge is 2.15. The molecule has 2 rings (SSSR count). The van der Waals surface area contributed by atoms with E-state index in [1.54, 1.807) is 0 Å². The van der Waals surface area contributed by atoms with Crippen LogP contribution in [0.15, 0.2) is 47.4 Å². The Labute approximate surface area is 129 Å². The zero-order valence-electron chi connectivity index (χ0n) is 12.5. The number of hydrogen-bond donors (Lipinski definition) is 2. The number of carbonyl (C=O) groups is 1. The van der Waals surface area contributed by atoms with Crippen molar-refractivity contribution in [1.29, 1.82) is 0 Å². The molecule has 0 aliphatic rings. The molecule has 0 aromatic heterocycles. The molecule has 0 saturated carbocycles. The van der Waals surface area contributed by atoms with Crippen molar-refractivity contribution in [2.45, 2.75) is 30.9 Å². The fraction of sp³-hybridized carbons (Fsp3) is 0.235. The number of benzene rings is 2. The summed E-state index contributed by atoms with van der Waals surface area (Å²) in [5.74, 6) is 0.00512. The van der Waals surface area contributed by atoms with Crippen LogP contribution < -0.4 is 11.1 Å². The molecular weight excluding hydrogens is 280 g/mol. The van der Waals surface area contributed by atoms with Crippen molar-refractivity contribution in [3.63, 3.8) is 0 Å². The number of rotatable bonds is 4. The van der Waals surface area contributed by atoms with Gasteiger partial charge >= 0.3 is 0 Å². The second-order valence-electron chi connectivity index (χ2n) is 5.14. The maximum Gasteiger partial charge on any atom is 0.237 e. The fourth-order valence-electron chi connectivity index (χ4n) is 1.91. The van der Waals surface area contributed by atoms with Crippen LogP contribution in [0, 0.1) is 13.8 Å². The van der Waals surface area contributed by atoms with Gasteiger partial charge in [-0.25, -0.2) is 0 Å². The SMILES string of the molecule is Cc1ccc(C)c(NC(=O)[C@H](C)Sc2ccc(N)cc2)c1. The molecule has 0 heterocycles. The molecule has 4 heteroatoms. The molecule has 0 aliphatic carbocycles. The maximum absolute atomic E-state index is 12.3. The van der Waals surface area contributed by atoms with Crippen LogP contribution in [-0.4, -0.2) is 11.2 Å². The van der Waals surface area contributed by atoms with Crippen molar-refractivity contribution in [2.24, 2.45) is 0 Å². The number of anilines is 2. The summed E-state index contributed by atoms with van der Waals surface area (Å²) in [6, 6.07) is 13.6.